The summed E-state index contributed by atoms with van der Waals surface area (Å²) >= 11 is 0. The Morgan fingerprint density at radius 3 is 2.67 bits per heavy atom. The Labute approximate surface area is 155 Å². The first-order chi connectivity index (χ1) is 13.0. The van der Waals surface area contributed by atoms with Gasteiger partial charge in [-0.3, -0.25) is 14.6 Å². The van der Waals surface area contributed by atoms with Crippen LogP contribution in [-0.2, 0) is 11.8 Å². The molecular weight excluding hydrogens is 350 g/mol. The van der Waals surface area contributed by atoms with Crippen molar-refractivity contribution in [3.05, 3.63) is 47.8 Å². The zero-order valence-electron chi connectivity index (χ0n) is 15.1. The highest BCUT2D eigenvalue weighted by Crippen LogP contribution is 2.22. The average molecular weight is 369 g/mol. The van der Waals surface area contributed by atoms with Gasteiger partial charge < -0.3 is 14.8 Å². The summed E-state index contributed by atoms with van der Waals surface area (Å²) < 4.78 is 11.5. The third-order valence-electron chi connectivity index (χ3n) is 3.87. The number of aryl methyl sites for hydroxylation is 1. The van der Waals surface area contributed by atoms with Crippen LogP contribution in [0.25, 0.3) is 11.3 Å². The Morgan fingerprint density at radius 1 is 1.26 bits per heavy atom. The predicted molar refractivity (Wildman–Crippen MR) is 97.7 cm³/mol. The molecule has 3 rings (SSSR count). The topological polar surface area (TPSA) is 111 Å². The second-order valence-electron chi connectivity index (χ2n) is 5.60. The van der Waals surface area contributed by atoms with E-state index >= 15 is 0 Å². The van der Waals surface area contributed by atoms with E-state index in [0.29, 0.717) is 5.69 Å². The standard InChI is InChI=1S/C18H19N5O4/c1-4-27-18(25)13-10-19-23(2)16(13)20-17(24)15-9-14(21-22-15)11-5-7-12(26-3)8-6-11/h5-10H,4H2,1-3H3,(H,20,24)(H,21,22). The van der Waals surface area contributed by atoms with Crippen molar-refractivity contribution in [2.24, 2.45) is 7.05 Å². The highest BCUT2D eigenvalue weighted by molar-refractivity contribution is 6.06. The van der Waals surface area contributed by atoms with Crippen LogP contribution < -0.4 is 10.1 Å². The number of esters is 1. The predicted octanol–water partition coefficient (Wildman–Crippen LogP) is 2.25. The number of H-pyrrole nitrogens is 1. The fourth-order valence-electron chi connectivity index (χ4n) is 2.47. The SMILES string of the molecule is CCOC(=O)c1cnn(C)c1NC(=O)c1cc(-c2ccc(OC)cc2)n[nH]1. The first kappa shape index (κ1) is 18.2. The van der Waals surface area contributed by atoms with Gasteiger partial charge in [-0.1, -0.05) is 0 Å². The maximum Gasteiger partial charge on any atom is 0.343 e. The molecule has 0 aliphatic carbocycles. The van der Waals surface area contributed by atoms with Crippen LogP contribution >= 0.6 is 0 Å². The van der Waals surface area contributed by atoms with Crippen LogP contribution in [-0.4, -0.2) is 45.6 Å². The molecule has 1 amide bonds. The van der Waals surface area contributed by atoms with Gasteiger partial charge >= 0.3 is 5.97 Å². The molecule has 0 unspecified atom stereocenters. The summed E-state index contributed by atoms with van der Waals surface area (Å²) in [6.07, 6.45) is 1.35. The monoisotopic (exact) mass is 369 g/mol. The largest absolute Gasteiger partial charge is 0.497 e. The molecule has 9 heteroatoms. The number of anilines is 1. The van der Waals surface area contributed by atoms with Crippen molar-refractivity contribution in [1.29, 1.82) is 0 Å². The number of nitrogens with one attached hydrogen (secondary N) is 2. The van der Waals surface area contributed by atoms with Crippen molar-refractivity contribution >= 4 is 17.7 Å². The van der Waals surface area contributed by atoms with Crippen LogP contribution in [0.1, 0.15) is 27.8 Å². The van der Waals surface area contributed by atoms with E-state index in [1.807, 2.05) is 24.3 Å². The van der Waals surface area contributed by atoms with Crippen molar-refractivity contribution in [2.45, 2.75) is 6.92 Å². The molecule has 0 aliphatic heterocycles. The van der Waals surface area contributed by atoms with E-state index in [-0.39, 0.29) is 23.7 Å². The molecule has 0 aliphatic rings. The lowest BCUT2D eigenvalue weighted by molar-refractivity contribution is 0.0527. The van der Waals surface area contributed by atoms with E-state index in [1.54, 1.807) is 27.1 Å². The Morgan fingerprint density at radius 2 is 2.00 bits per heavy atom. The minimum absolute atomic E-state index is 0.183. The molecule has 0 spiro atoms. The molecule has 2 heterocycles. The van der Waals surface area contributed by atoms with E-state index in [2.05, 4.69) is 20.6 Å². The van der Waals surface area contributed by atoms with E-state index in [4.69, 9.17) is 9.47 Å². The fourth-order valence-corrected chi connectivity index (χ4v) is 2.47. The molecule has 0 atom stereocenters. The van der Waals surface area contributed by atoms with Crippen molar-refractivity contribution in [1.82, 2.24) is 20.0 Å². The second kappa shape index (κ2) is 7.73. The van der Waals surface area contributed by atoms with Gasteiger partial charge in [0, 0.05) is 12.6 Å². The lowest BCUT2D eigenvalue weighted by Gasteiger charge is -2.07. The average Bonchev–Trinajstić information content (AvgIpc) is 3.30. The van der Waals surface area contributed by atoms with Crippen molar-refractivity contribution < 1.29 is 19.1 Å². The van der Waals surface area contributed by atoms with Crippen molar-refractivity contribution in [3.63, 3.8) is 0 Å². The summed E-state index contributed by atoms with van der Waals surface area (Å²) in [5.41, 5.74) is 1.87. The number of rotatable bonds is 6. The first-order valence-corrected chi connectivity index (χ1v) is 8.23. The smallest absolute Gasteiger partial charge is 0.343 e. The molecule has 0 radical (unpaired) electrons. The van der Waals surface area contributed by atoms with Crippen LogP contribution in [0.4, 0.5) is 5.82 Å². The molecule has 0 saturated carbocycles. The number of benzene rings is 1. The third kappa shape index (κ3) is 3.81. The summed E-state index contributed by atoms with van der Waals surface area (Å²) in [5.74, 6) is -0.0187. The van der Waals surface area contributed by atoms with Gasteiger partial charge in [0.25, 0.3) is 5.91 Å². The number of ether oxygens (including phenoxy) is 2. The van der Waals surface area contributed by atoms with Crippen LogP contribution in [0.2, 0.25) is 0 Å². The number of amides is 1. The highest BCUT2D eigenvalue weighted by atomic mass is 16.5. The van der Waals surface area contributed by atoms with Gasteiger partial charge in [-0.05, 0) is 37.3 Å². The highest BCUT2D eigenvalue weighted by Gasteiger charge is 2.20. The molecule has 27 heavy (non-hydrogen) atoms. The molecule has 2 N–H and O–H groups in total. The van der Waals surface area contributed by atoms with Gasteiger partial charge in [-0.15, -0.1) is 0 Å². The molecule has 2 aromatic heterocycles. The van der Waals surface area contributed by atoms with Gasteiger partial charge in [0.2, 0.25) is 0 Å². The third-order valence-corrected chi connectivity index (χ3v) is 3.87. The molecule has 0 saturated heterocycles. The molecular formula is C18H19N5O4. The number of carbonyl (C=O) groups is 2. The van der Waals surface area contributed by atoms with Gasteiger partial charge in [-0.25, -0.2) is 4.79 Å². The van der Waals surface area contributed by atoms with Crippen molar-refractivity contribution in [2.75, 3.05) is 19.0 Å². The quantitative estimate of drug-likeness (QED) is 0.645. The van der Waals surface area contributed by atoms with E-state index in [0.717, 1.165) is 11.3 Å². The van der Waals surface area contributed by atoms with Crippen LogP contribution in [0.15, 0.2) is 36.5 Å². The summed E-state index contributed by atoms with van der Waals surface area (Å²) in [5, 5.41) is 13.5. The second-order valence-corrected chi connectivity index (χ2v) is 5.60. The van der Waals surface area contributed by atoms with Crippen LogP contribution in [0, 0.1) is 0 Å². The number of nitrogens with zero attached hydrogens (tertiary/aromatic N) is 3. The zero-order valence-corrected chi connectivity index (χ0v) is 15.1. The number of carbonyl (C=O) groups excluding carboxylic acids is 2. The van der Waals surface area contributed by atoms with Gasteiger partial charge in [0.1, 0.15) is 22.8 Å². The Bertz CT molecular complexity index is 959. The van der Waals surface area contributed by atoms with E-state index in [1.165, 1.54) is 10.9 Å². The maximum absolute atomic E-state index is 12.5. The lowest BCUT2D eigenvalue weighted by atomic mass is 10.1. The molecule has 3 aromatic rings. The first-order valence-electron chi connectivity index (χ1n) is 8.23. The Balaban J connectivity index is 1.79. The number of methoxy groups -OCH3 is 1. The Hall–Kier alpha value is -3.62. The molecule has 140 valence electrons. The van der Waals surface area contributed by atoms with E-state index in [9.17, 15) is 9.59 Å². The van der Waals surface area contributed by atoms with Crippen LogP contribution in [0.3, 0.4) is 0 Å². The minimum Gasteiger partial charge on any atom is -0.497 e. The summed E-state index contributed by atoms with van der Waals surface area (Å²) in [6.45, 7) is 1.94. The molecule has 9 nitrogen and oxygen atoms in total. The van der Waals surface area contributed by atoms with Gasteiger partial charge in [-0.2, -0.15) is 10.2 Å². The van der Waals surface area contributed by atoms with Crippen LogP contribution in [0.5, 0.6) is 5.75 Å². The Kier molecular flexibility index (Phi) is 5.20. The lowest BCUT2D eigenvalue weighted by Crippen LogP contribution is -2.18. The van der Waals surface area contributed by atoms with Gasteiger partial charge in [0.15, 0.2) is 0 Å². The maximum atomic E-state index is 12.5. The van der Waals surface area contributed by atoms with E-state index < -0.39 is 11.9 Å². The minimum atomic E-state index is -0.551. The van der Waals surface area contributed by atoms with Gasteiger partial charge in [0.05, 0.1) is 25.6 Å². The number of hydrogen-bond donors (Lipinski definition) is 2. The molecule has 0 bridgehead atoms. The number of aromatic amines is 1. The molecule has 1 aromatic carbocycles. The normalized spacial score (nSPS) is 10.5. The van der Waals surface area contributed by atoms with Crippen molar-refractivity contribution in [3.8, 4) is 17.0 Å². The summed E-state index contributed by atoms with van der Waals surface area (Å²) in [7, 11) is 3.21. The summed E-state index contributed by atoms with van der Waals surface area (Å²) in [4.78, 5) is 24.5. The number of hydrogen-bond acceptors (Lipinski definition) is 6. The summed E-state index contributed by atoms with van der Waals surface area (Å²) in [6, 6.07) is 8.93. The zero-order chi connectivity index (χ0) is 19.4. The fraction of sp³-hybridized carbons (Fsp3) is 0.222. The molecule has 0 fully saturated rings. The number of aromatic nitrogens is 4.